The normalized spacial score (nSPS) is 14.8. The van der Waals surface area contributed by atoms with Gasteiger partial charge in [0.15, 0.2) is 5.82 Å². The first-order chi connectivity index (χ1) is 14.0. The lowest BCUT2D eigenvalue weighted by atomic mass is 10.0. The minimum Gasteiger partial charge on any atom is -0.354 e. The number of piperidine rings is 1. The zero-order chi connectivity index (χ0) is 20.4. The highest BCUT2D eigenvalue weighted by Crippen LogP contribution is 2.30. The van der Waals surface area contributed by atoms with E-state index in [1.54, 1.807) is 6.20 Å². The summed E-state index contributed by atoms with van der Waals surface area (Å²) in [6, 6.07) is 13.7. The van der Waals surface area contributed by atoms with Gasteiger partial charge in [0.1, 0.15) is 0 Å². The van der Waals surface area contributed by atoms with Crippen LogP contribution in [0.4, 0.5) is 16.3 Å². The van der Waals surface area contributed by atoms with Crippen LogP contribution in [-0.4, -0.2) is 39.7 Å². The Kier molecular flexibility index (Phi) is 5.91. The first-order valence-corrected chi connectivity index (χ1v) is 10.7. The summed E-state index contributed by atoms with van der Waals surface area (Å²) in [4.78, 5) is 14.9. The average Bonchev–Trinajstić information content (AvgIpc) is 2.74. The molecular formula is C21H22BrN5OS. The molecular weight excluding hydrogens is 450 g/mol. The molecule has 6 nitrogen and oxygen atoms in total. The number of nitrogens with zero attached hydrogens (tertiary/aromatic N) is 4. The number of amides is 2. The van der Waals surface area contributed by atoms with Gasteiger partial charge in [0.25, 0.3) is 0 Å². The Morgan fingerprint density at radius 1 is 1.24 bits per heavy atom. The number of hydrogen-bond acceptors (Lipinski definition) is 5. The molecule has 8 heteroatoms. The maximum Gasteiger partial charge on any atom is 0.331 e. The smallest absolute Gasteiger partial charge is 0.331 e. The molecule has 0 radical (unpaired) electrons. The van der Waals surface area contributed by atoms with Crippen molar-refractivity contribution in [3.63, 3.8) is 0 Å². The molecule has 0 atom stereocenters. The van der Waals surface area contributed by atoms with E-state index < -0.39 is 0 Å². The van der Waals surface area contributed by atoms with Crippen LogP contribution >= 0.6 is 28.7 Å². The molecule has 1 aliphatic rings. The third kappa shape index (κ3) is 4.33. The van der Waals surface area contributed by atoms with Gasteiger partial charge in [-0.25, -0.2) is 4.79 Å². The fourth-order valence-electron chi connectivity index (χ4n) is 3.64. The van der Waals surface area contributed by atoms with E-state index in [9.17, 15) is 4.79 Å². The fraction of sp³-hybridized carbons (Fsp3) is 0.286. The quantitative estimate of drug-likeness (QED) is 0.524. The molecule has 0 saturated carbocycles. The predicted octanol–water partition coefficient (Wildman–Crippen LogP) is 5.05. The standard InChI is InChI=1S/C21H22BrN5OS/c1-14-4-2-3-5-19(14)24-21(28)27(29)17-8-10-26(11-9-17)20-18-12-16(22)7-6-15(18)13-23-25-20/h2-7,12-13,17,29H,8-11H2,1H3,(H,24,28). The molecule has 0 unspecified atom stereocenters. The van der Waals surface area contributed by atoms with Crippen LogP contribution in [-0.2, 0) is 0 Å². The van der Waals surface area contributed by atoms with Gasteiger partial charge in [-0.05, 0) is 43.5 Å². The molecule has 2 aromatic carbocycles. The molecule has 2 heterocycles. The summed E-state index contributed by atoms with van der Waals surface area (Å²) >= 11 is 8.03. The van der Waals surface area contributed by atoms with E-state index in [0.717, 1.165) is 58.2 Å². The highest BCUT2D eigenvalue weighted by atomic mass is 79.9. The van der Waals surface area contributed by atoms with E-state index in [0.29, 0.717) is 0 Å². The molecule has 1 fully saturated rings. The van der Waals surface area contributed by atoms with Gasteiger partial charge in [0.05, 0.1) is 6.20 Å². The zero-order valence-corrected chi connectivity index (χ0v) is 18.5. The Morgan fingerprint density at radius 2 is 2.00 bits per heavy atom. The average molecular weight is 472 g/mol. The van der Waals surface area contributed by atoms with Crippen molar-refractivity contribution in [2.24, 2.45) is 0 Å². The third-order valence-electron chi connectivity index (χ3n) is 5.31. The van der Waals surface area contributed by atoms with E-state index in [2.05, 4.69) is 55.2 Å². The molecule has 1 aromatic heterocycles. The van der Waals surface area contributed by atoms with E-state index in [1.807, 2.05) is 43.3 Å². The summed E-state index contributed by atoms with van der Waals surface area (Å²) in [6.45, 7) is 3.56. The predicted molar refractivity (Wildman–Crippen MR) is 123 cm³/mol. The first kappa shape index (κ1) is 20.0. The molecule has 1 N–H and O–H groups in total. The van der Waals surface area contributed by atoms with E-state index in [1.165, 1.54) is 4.31 Å². The molecule has 4 rings (SSSR count). The summed E-state index contributed by atoms with van der Waals surface area (Å²) in [5.74, 6) is 0.886. The molecule has 2 amide bonds. The van der Waals surface area contributed by atoms with Crippen molar-refractivity contribution in [3.8, 4) is 0 Å². The van der Waals surface area contributed by atoms with Gasteiger partial charge in [-0.3, -0.25) is 4.31 Å². The van der Waals surface area contributed by atoms with Crippen LogP contribution in [0.5, 0.6) is 0 Å². The Labute approximate surface area is 184 Å². The van der Waals surface area contributed by atoms with Crippen molar-refractivity contribution in [2.75, 3.05) is 23.3 Å². The lowest BCUT2D eigenvalue weighted by Crippen LogP contribution is -2.45. The maximum absolute atomic E-state index is 12.6. The van der Waals surface area contributed by atoms with Crippen LogP contribution in [0, 0.1) is 6.92 Å². The number of nitrogens with one attached hydrogen (secondary N) is 1. The zero-order valence-electron chi connectivity index (χ0n) is 16.0. The van der Waals surface area contributed by atoms with Gasteiger partial charge in [-0.15, -0.1) is 5.10 Å². The highest BCUT2D eigenvalue weighted by molar-refractivity contribution is 9.10. The highest BCUT2D eigenvalue weighted by Gasteiger charge is 2.28. The van der Waals surface area contributed by atoms with Crippen LogP contribution in [0.3, 0.4) is 0 Å². The van der Waals surface area contributed by atoms with Gasteiger partial charge in [-0.1, -0.05) is 53.0 Å². The Hall–Kier alpha value is -2.32. The summed E-state index contributed by atoms with van der Waals surface area (Å²) in [5.41, 5.74) is 1.84. The Bertz CT molecular complexity index is 1040. The molecule has 1 aliphatic heterocycles. The minimum atomic E-state index is -0.199. The molecule has 1 saturated heterocycles. The van der Waals surface area contributed by atoms with Crippen LogP contribution in [0.25, 0.3) is 10.8 Å². The third-order valence-corrected chi connectivity index (χ3v) is 6.31. The van der Waals surface area contributed by atoms with Gasteiger partial charge in [0, 0.05) is 40.1 Å². The monoisotopic (exact) mass is 471 g/mol. The van der Waals surface area contributed by atoms with Crippen molar-refractivity contribution in [1.82, 2.24) is 14.5 Å². The van der Waals surface area contributed by atoms with E-state index in [-0.39, 0.29) is 12.1 Å². The Morgan fingerprint density at radius 3 is 2.76 bits per heavy atom. The number of aryl methyl sites for hydroxylation is 1. The number of thiol groups is 1. The Balaban J connectivity index is 1.42. The molecule has 3 aromatic rings. The number of urea groups is 1. The van der Waals surface area contributed by atoms with Crippen molar-refractivity contribution in [1.29, 1.82) is 0 Å². The second-order valence-corrected chi connectivity index (χ2v) is 8.55. The second kappa shape index (κ2) is 8.59. The molecule has 29 heavy (non-hydrogen) atoms. The van der Waals surface area contributed by atoms with Crippen LogP contribution < -0.4 is 10.2 Å². The molecule has 150 valence electrons. The van der Waals surface area contributed by atoms with Crippen molar-refractivity contribution in [3.05, 3.63) is 58.7 Å². The molecule has 0 spiro atoms. The summed E-state index contributed by atoms with van der Waals surface area (Å²) < 4.78 is 2.54. The fourth-order valence-corrected chi connectivity index (χ4v) is 4.28. The van der Waals surface area contributed by atoms with Crippen LogP contribution in [0.15, 0.2) is 53.1 Å². The lowest BCUT2D eigenvalue weighted by molar-refractivity contribution is 0.223. The topological polar surface area (TPSA) is 61.4 Å². The minimum absolute atomic E-state index is 0.0632. The number of rotatable bonds is 3. The van der Waals surface area contributed by atoms with Crippen molar-refractivity contribution in [2.45, 2.75) is 25.8 Å². The number of benzene rings is 2. The maximum atomic E-state index is 12.6. The number of hydrogen-bond donors (Lipinski definition) is 2. The number of carbonyl (C=O) groups excluding carboxylic acids is 1. The van der Waals surface area contributed by atoms with Gasteiger partial charge in [-0.2, -0.15) is 5.10 Å². The van der Waals surface area contributed by atoms with Gasteiger partial charge in [0.2, 0.25) is 0 Å². The summed E-state index contributed by atoms with van der Waals surface area (Å²) in [6.07, 6.45) is 3.41. The first-order valence-electron chi connectivity index (χ1n) is 9.53. The summed E-state index contributed by atoms with van der Waals surface area (Å²) in [5, 5.41) is 13.6. The molecule has 0 bridgehead atoms. The second-order valence-electron chi connectivity index (χ2n) is 7.21. The number of halogens is 1. The number of aromatic nitrogens is 2. The van der Waals surface area contributed by atoms with Crippen molar-refractivity contribution < 1.29 is 4.79 Å². The van der Waals surface area contributed by atoms with Crippen molar-refractivity contribution >= 4 is 57.1 Å². The number of carbonyl (C=O) groups is 1. The molecule has 0 aliphatic carbocycles. The largest absolute Gasteiger partial charge is 0.354 e. The van der Waals surface area contributed by atoms with Crippen LogP contribution in [0.1, 0.15) is 18.4 Å². The van der Waals surface area contributed by atoms with E-state index in [4.69, 9.17) is 0 Å². The number of para-hydroxylation sites is 1. The van der Waals surface area contributed by atoms with Gasteiger partial charge >= 0.3 is 6.03 Å². The lowest BCUT2D eigenvalue weighted by Gasteiger charge is -2.36. The SMILES string of the molecule is Cc1ccccc1NC(=O)N(S)C1CCN(c2nncc3ccc(Br)cc23)CC1. The number of anilines is 2. The summed E-state index contributed by atoms with van der Waals surface area (Å²) in [7, 11) is 0. The van der Waals surface area contributed by atoms with Crippen LogP contribution in [0.2, 0.25) is 0 Å². The number of fused-ring (bicyclic) bond motifs is 1. The van der Waals surface area contributed by atoms with E-state index >= 15 is 0 Å². The van der Waals surface area contributed by atoms with Gasteiger partial charge < -0.3 is 10.2 Å².